The maximum Gasteiger partial charge on any atom is 0.224 e. The van der Waals surface area contributed by atoms with Gasteiger partial charge in [-0.1, -0.05) is 35.5 Å². The van der Waals surface area contributed by atoms with Gasteiger partial charge in [0.05, 0.1) is 12.1 Å². The van der Waals surface area contributed by atoms with Crippen molar-refractivity contribution in [1.82, 2.24) is 15.5 Å². The summed E-state index contributed by atoms with van der Waals surface area (Å²) in [7, 11) is 0. The summed E-state index contributed by atoms with van der Waals surface area (Å²) in [6.07, 6.45) is 3.09. The number of hydrogen-bond donors (Lipinski definition) is 1. The summed E-state index contributed by atoms with van der Waals surface area (Å²) in [5.41, 5.74) is 5.39. The molecule has 6 heteroatoms. The standard InChI is InChI=1S/C22H24N4O2/c1-15-20(16(2)28-25-15)12-21(27)24-13-18-8-5-10-23-22(18)26-11-9-17-6-3-4-7-19(17)14-26/h3-8,10H,9,11-14H2,1-2H3,(H,24,27). The molecule has 0 saturated carbocycles. The van der Waals surface area contributed by atoms with Gasteiger partial charge >= 0.3 is 0 Å². The largest absolute Gasteiger partial charge is 0.361 e. The van der Waals surface area contributed by atoms with Crippen molar-refractivity contribution in [3.63, 3.8) is 0 Å². The number of nitrogens with zero attached hydrogens (tertiary/aromatic N) is 3. The summed E-state index contributed by atoms with van der Waals surface area (Å²) in [6, 6.07) is 12.5. The van der Waals surface area contributed by atoms with Gasteiger partial charge in [-0.2, -0.15) is 0 Å². The van der Waals surface area contributed by atoms with E-state index in [1.165, 1.54) is 11.1 Å². The highest BCUT2D eigenvalue weighted by Crippen LogP contribution is 2.25. The zero-order valence-corrected chi connectivity index (χ0v) is 16.2. The van der Waals surface area contributed by atoms with Crippen molar-refractivity contribution in [3.8, 4) is 0 Å². The van der Waals surface area contributed by atoms with Crippen LogP contribution in [0, 0.1) is 13.8 Å². The van der Waals surface area contributed by atoms with E-state index in [1.807, 2.05) is 32.2 Å². The molecule has 0 spiro atoms. The molecule has 3 aromatic rings. The average molecular weight is 376 g/mol. The second-order valence-corrected chi connectivity index (χ2v) is 7.18. The number of aromatic nitrogens is 2. The van der Waals surface area contributed by atoms with Gasteiger partial charge in [0.2, 0.25) is 5.91 Å². The van der Waals surface area contributed by atoms with Crippen LogP contribution >= 0.6 is 0 Å². The molecule has 6 nitrogen and oxygen atoms in total. The van der Waals surface area contributed by atoms with Gasteiger partial charge in [-0.3, -0.25) is 4.79 Å². The summed E-state index contributed by atoms with van der Waals surface area (Å²) in [5.74, 6) is 1.59. The number of amides is 1. The number of hydrogen-bond acceptors (Lipinski definition) is 5. The molecule has 0 fully saturated rings. The average Bonchev–Trinajstić information content (AvgIpc) is 3.04. The Morgan fingerprint density at radius 1 is 1.18 bits per heavy atom. The highest BCUT2D eigenvalue weighted by atomic mass is 16.5. The Morgan fingerprint density at radius 3 is 2.79 bits per heavy atom. The number of aryl methyl sites for hydroxylation is 2. The van der Waals surface area contributed by atoms with E-state index in [1.54, 1.807) is 0 Å². The van der Waals surface area contributed by atoms with E-state index in [0.29, 0.717) is 12.3 Å². The fourth-order valence-electron chi connectivity index (χ4n) is 3.70. The Kier molecular flexibility index (Phi) is 5.10. The van der Waals surface area contributed by atoms with Crippen LogP contribution in [0.3, 0.4) is 0 Å². The van der Waals surface area contributed by atoms with Crippen LogP contribution in [-0.2, 0) is 30.7 Å². The number of benzene rings is 1. The minimum absolute atomic E-state index is 0.0480. The summed E-state index contributed by atoms with van der Waals surface area (Å²) >= 11 is 0. The van der Waals surface area contributed by atoms with E-state index in [0.717, 1.165) is 42.1 Å². The normalized spacial score (nSPS) is 13.3. The van der Waals surface area contributed by atoms with Gasteiger partial charge < -0.3 is 14.7 Å². The van der Waals surface area contributed by atoms with Gasteiger partial charge in [0.15, 0.2) is 0 Å². The minimum Gasteiger partial charge on any atom is -0.361 e. The summed E-state index contributed by atoms with van der Waals surface area (Å²) < 4.78 is 5.14. The molecule has 0 unspecified atom stereocenters. The van der Waals surface area contributed by atoms with E-state index in [9.17, 15) is 4.79 Å². The predicted octanol–water partition coefficient (Wildman–Crippen LogP) is 3.11. The van der Waals surface area contributed by atoms with Gasteiger partial charge in [-0.25, -0.2) is 4.98 Å². The van der Waals surface area contributed by atoms with Gasteiger partial charge in [0.25, 0.3) is 0 Å². The first-order chi connectivity index (χ1) is 13.6. The lowest BCUT2D eigenvalue weighted by Crippen LogP contribution is -2.33. The number of carbonyl (C=O) groups is 1. The molecule has 1 amide bonds. The summed E-state index contributed by atoms with van der Waals surface area (Å²) in [6.45, 7) is 5.90. The Morgan fingerprint density at radius 2 is 2.00 bits per heavy atom. The van der Waals surface area contributed by atoms with E-state index in [2.05, 4.69) is 44.6 Å². The first-order valence-corrected chi connectivity index (χ1v) is 9.56. The lowest BCUT2D eigenvalue weighted by Gasteiger charge is -2.31. The van der Waals surface area contributed by atoms with E-state index >= 15 is 0 Å². The molecule has 144 valence electrons. The molecule has 1 aliphatic heterocycles. The molecule has 3 heterocycles. The van der Waals surface area contributed by atoms with Crippen molar-refractivity contribution in [2.24, 2.45) is 0 Å². The zero-order chi connectivity index (χ0) is 19.5. The van der Waals surface area contributed by atoms with Gasteiger partial charge in [-0.05, 0) is 37.5 Å². The number of anilines is 1. The number of nitrogens with one attached hydrogen (secondary N) is 1. The van der Waals surface area contributed by atoms with Crippen molar-refractivity contribution >= 4 is 11.7 Å². The maximum absolute atomic E-state index is 12.4. The lowest BCUT2D eigenvalue weighted by molar-refractivity contribution is -0.120. The van der Waals surface area contributed by atoms with E-state index < -0.39 is 0 Å². The van der Waals surface area contributed by atoms with Crippen molar-refractivity contribution in [2.75, 3.05) is 11.4 Å². The number of rotatable bonds is 5. The maximum atomic E-state index is 12.4. The zero-order valence-electron chi connectivity index (χ0n) is 16.2. The highest BCUT2D eigenvalue weighted by molar-refractivity contribution is 5.79. The van der Waals surface area contributed by atoms with E-state index in [-0.39, 0.29) is 12.3 Å². The Hall–Kier alpha value is -3.15. The van der Waals surface area contributed by atoms with Crippen molar-refractivity contribution in [2.45, 2.75) is 39.8 Å². The molecule has 1 aliphatic rings. The van der Waals surface area contributed by atoms with E-state index in [4.69, 9.17) is 4.52 Å². The van der Waals surface area contributed by atoms with Crippen LogP contribution < -0.4 is 10.2 Å². The monoisotopic (exact) mass is 376 g/mol. The third-order valence-electron chi connectivity index (χ3n) is 5.29. The minimum atomic E-state index is -0.0480. The molecule has 0 radical (unpaired) electrons. The second kappa shape index (κ2) is 7.84. The smallest absolute Gasteiger partial charge is 0.224 e. The van der Waals surface area contributed by atoms with Crippen LogP contribution in [0.25, 0.3) is 0 Å². The fraction of sp³-hybridized carbons (Fsp3) is 0.318. The molecule has 2 aromatic heterocycles. The second-order valence-electron chi connectivity index (χ2n) is 7.18. The number of fused-ring (bicyclic) bond motifs is 1. The Bertz CT molecular complexity index is 976. The Labute approximate surface area is 164 Å². The van der Waals surface area contributed by atoms with Crippen LogP contribution in [0.15, 0.2) is 47.1 Å². The van der Waals surface area contributed by atoms with Crippen LogP contribution in [0.5, 0.6) is 0 Å². The molecule has 0 bridgehead atoms. The lowest BCUT2D eigenvalue weighted by atomic mass is 9.99. The van der Waals surface area contributed by atoms with Gasteiger partial charge in [0, 0.05) is 37.0 Å². The molecular formula is C22H24N4O2. The molecule has 4 rings (SSSR count). The van der Waals surface area contributed by atoms with Crippen LogP contribution in [0.1, 0.15) is 33.7 Å². The molecule has 1 aromatic carbocycles. The molecule has 1 N–H and O–H groups in total. The molecule has 0 aliphatic carbocycles. The molecule has 0 atom stereocenters. The number of pyridine rings is 1. The summed E-state index contributed by atoms with van der Waals surface area (Å²) in [5, 5.41) is 6.92. The first-order valence-electron chi connectivity index (χ1n) is 9.56. The molecular weight excluding hydrogens is 352 g/mol. The fourth-order valence-corrected chi connectivity index (χ4v) is 3.70. The quantitative estimate of drug-likeness (QED) is 0.741. The predicted molar refractivity (Wildman–Crippen MR) is 107 cm³/mol. The third-order valence-corrected chi connectivity index (χ3v) is 5.29. The van der Waals surface area contributed by atoms with Gasteiger partial charge in [0.1, 0.15) is 11.6 Å². The van der Waals surface area contributed by atoms with Crippen molar-refractivity contribution in [3.05, 3.63) is 76.3 Å². The molecule has 0 saturated heterocycles. The van der Waals surface area contributed by atoms with Crippen molar-refractivity contribution in [1.29, 1.82) is 0 Å². The summed E-state index contributed by atoms with van der Waals surface area (Å²) in [4.78, 5) is 19.3. The third kappa shape index (κ3) is 3.76. The van der Waals surface area contributed by atoms with Crippen LogP contribution in [-0.4, -0.2) is 22.6 Å². The van der Waals surface area contributed by atoms with Crippen LogP contribution in [0.2, 0.25) is 0 Å². The van der Waals surface area contributed by atoms with Crippen molar-refractivity contribution < 1.29 is 9.32 Å². The number of carbonyl (C=O) groups excluding carboxylic acids is 1. The molecule has 28 heavy (non-hydrogen) atoms. The van der Waals surface area contributed by atoms with Crippen LogP contribution in [0.4, 0.5) is 5.82 Å². The van der Waals surface area contributed by atoms with Gasteiger partial charge in [-0.15, -0.1) is 0 Å². The highest BCUT2D eigenvalue weighted by Gasteiger charge is 2.20. The topological polar surface area (TPSA) is 71.3 Å². The SMILES string of the molecule is Cc1noc(C)c1CC(=O)NCc1cccnc1N1CCc2ccccc2C1. The Balaban J connectivity index is 1.44. The first kappa shape index (κ1) is 18.2.